The summed E-state index contributed by atoms with van der Waals surface area (Å²) >= 11 is 0. The molecule has 0 saturated heterocycles. The Morgan fingerprint density at radius 1 is 1.20 bits per heavy atom. The van der Waals surface area contributed by atoms with Crippen LogP contribution in [0.25, 0.3) is 0 Å². The smallest absolute Gasteiger partial charge is 0.303 e. The van der Waals surface area contributed by atoms with E-state index >= 15 is 0 Å². The van der Waals surface area contributed by atoms with Crippen molar-refractivity contribution in [1.29, 1.82) is 0 Å². The van der Waals surface area contributed by atoms with Gasteiger partial charge in [0.25, 0.3) is 0 Å². The highest BCUT2D eigenvalue weighted by Gasteiger charge is 2.59. The number of carbonyl (C=O) groups is 1. The van der Waals surface area contributed by atoms with E-state index in [0.29, 0.717) is 17.8 Å². The van der Waals surface area contributed by atoms with Crippen molar-refractivity contribution in [2.75, 3.05) is 0 Å². The van der Waals surface area contributed by atoms with Crippen LogP contribution in [0.15, 0.2) is 23.8 Å². The normalized spacial score (nSPS) is 46.2. The molecular weight excluding hydrogens is 312 g/mol. The van der Waals surface area contributed by atoms with Gasteiger partial charge in [-0.1, -0.05) is 45.4 Å². The van der Waals surface area contributed by atoms with Crippen molar-refractivity contribution in [3.8, 4) is 0 Å². The lowest BCUT2D eigenvalue weighted by Crippen LogP contribution is -2.49. The molecule has 3 rings (SSSR count). The molecule has 1 saturated carbocycles. The van der Waals surface area contributed by atoms with Gasteiger partial charge in [0.2, 0.25) is 0 Å². The Labute approximate surface area is 152 Å². The fourth-order valence-electron chi connectivity index (χ4n) is 5.62. The zero-order valence-electron chi connectivity index (χ0n) is 16.6. The molecule has 0 aromatic carbocycles. The Hall–Kier alpha value is -1.09. The maximum absolute atomic E-state index is 11.7. The maximum Gasteiger partial charge on any atom is 0.303 e. The summed E-state index contributed by atoms with van der Waals surface area (Å²) in [5, 5.41) is 10.6. The average molecular weight is 347 g/mol. The van der Waals surface area contributed by atoms with Gasteiger partial charge in [-0.2, -0.15) is 0 Å². The van der Waals surface area contributed by atoms with Crippen molar-refractivity contribution in [2.24, 2.45) is 28.6 Å². The summed E-state index contributed by atoms with van der Waals surface area (Å²) in [6, 6.07) is 0. The van der Waals surface area contributed by atoms with Crippen molar-refractivity contribution in [2.45, 2.75) is 78.9 Å². The number of fused-ring (bicyclic) bond motifs is 3. The fourth-order valence-corrected chi connectivity index (χ4v) is 5.62. The van der Waals surface area contributed by atoms with Gasteiger partial charge in [-0.3, -0.25) is 4.79 Å². The fraction of sp³-hybridized carbons (Fsp3) is 0.773. The Morgan fingerprint density at radius 3 is 2.48 bits per heavy atom. The van der Waals surface area contributed by atoms with Crippen LogP contribution in [-0.4, -0.2) is 22.8 Å². The monoisotopic (exact) mass is 346 g/mol. The Balaban J connectivity index is 2.03. The number of carbonyl (C=O) groups excluding carboxylic acids is 1. The highest BCUT2D eigenvalue weighted by atomic mass is 16.5. The second-order valence-corrected chi connectivity index (χ2v) is 9.68. The summed E-state index contributed by atoms with van der Waals surface area (Å²) in [7, 11) is 0. The quantitative estimate of drug-likeness (QED) is 0.584. The largest absolute Gasteiger partial charge is 0.458 e. The first-order valence-electron chi connectivity index (χ1n) is 9.80. The molecule has 0 aliphatic heterocycles. The van der Waals surface area contributed by atoms with E-state index in [4.69, 9.17) is 4.74 Å². The molecule has 25 heavy (non-hydrogen) atoms. The maximum atomic E-state index is 11.7. The van der Waals surface area contributed by atoms with Crippen LogP contribution in [0.4, 0.5) is 0 Å². The van der Waals surface area contributed by atoms with Crippen LogP contribution in [0, 0.1) is 28.6 Å². The van der Waals surface area contributed by atoms with E-state index in [2.05, 4.69) is 39.8 Å². The van der Waals surface area contributed by atoms with Gasteiger partial charge < -0.3 is 9.84 Å². The van der Waals surface area contributed by atoms with Gasteiger partial charge >= 0.3 is 5.97 Å². The first-order valence-corrected chi connectivity index (χ1v) is 9.80. The highest BCUT2D eigenvalue weighted by Crippen LogP contribution is 2.63. The van der Waals surface area contributed by atoms with Gasteiger partial charge in [0.1, 0.15) is 6.10 Å². The second kappa shape index (κ2) is 5.97. The van der Waals surface area contributed by atoms with E-state index in [1.165, 1.54) is 12.5 Å². The molecule has 0 spiro atoms. The molecule has 0 heterocycles. The molecule has 1 fully saturated rings. The lowest BCUT2D eigenvalue weighted by molar-refractivity contribution is -0.154. The van der Waals surface area contributed by atoms with Crippen molar-refractivity contribution < 1.29 is 14.6 Å². The summed E-state index contributed by atoms with van der Waals surface area (Å²) in [4.78, 5) is 11.7. The van der Waals surface area contributed by atoms with Gasteiger partial charge in [0, 0.05) is 12.3 Å². The number of hydrogen-bond donors (Lipinski definition) is 1. The molecule has 3 heteroatoms. The molecule has 0 aromatic rings. The molecule has 6 atom stereocenters. The van der Waals surface area contributed by atoms with Crippen molar-refractivity contribution >= 4 is 5.97 Å². The SMILES string of the molecule is CC(=O)O[C@H]1C=C(C(C)C)[C@@H]2[C@H]3CC[C@](C)(O)C=C[C@]3(C)CC[C@]12C. The van der Waals surface area contributed by atoms with E-state index in [1.807, 2.05) is 13.0 Å². The minimum Gasteiger partial charge on any atom is -0.458 e. The molecule has 0 aromatic heterocycles. The first kappa shape index (κ1) is 18.7. The van der Waals surface area contributed by atoms with Crippen LogP contribution in [0.3, 0.4) is 0 Å². The minimum atomic E-state index is -0.716. The van der Waals surface area contributed by atoms with E-state index in [1.54, 1.807) is 0 Å². The summed E-state index contributed by atoms with van der Waals surface area (Å²) in [6.07, 6.45) is 10.3. The Morgan fingerprint density at radius 2 is 1.88 bits per heavy atom. The Bertz CT molecular complexity index is 615. The third-order valence-corrected chi connectivity index (χ3v) is 7.26. The lowest BCUT2D eigenvalue weighted by atomic mass is 9.51. The molecule has 3 nitrogen and oxygen atoms in total. The van der Waals surface area contributed by atoms with Gasteiger partial charge in [0.15, 0.2) is 0 Å². The van der Waals surface area contributed by atoms with Crippen LogP contribution in [0.1, 0.15) is 67.2 Å². The lowest BCUT2D eigenvalue weighted by Gasteiger charge is -2.53. The summed E-state index contributed by atoms with van der Waals surface area (Å²) in [6.45, 7) is 12.6. The van der Waals surface area contributed by atoms with Crippen LogP contribution < -0.4 is 0 Å². The zero-order valence-corrected chi connectivity index (χ0v) is 16.6. The van der Waals surface area contributed by atoms with Crippen LogP contribution in [0.2, 0.25) is 0 Å². The number of ether oxygens (including phenoxy) is 1. The van der Waals surface area contributed by atoms with Crippen molar-refractivity contribution in [1.82, 2.24) is 0 Å². The zero-order chi connectivity index (χ0) is 18.6. The predicted molar refractivity (Wildman–Crippen MR) is 99.9 cm³/mol. The summed E-state index contributed by atoms with van der Waals surface area (Å²) < 4.78 is 5.77. The highest BCUT2D eigenvalue weighted by molar-refractivity contribution is 5.66. The standard InChI is InChI=1S/C22H34O3/c1-14(2)16-13-18(25-15(3)23)22(6)12-10-20(4)9-11-21(5,24)8-7-17(20)19(16)22/h9,11,13-14,17-19,24H,7-8,10,12H2,1-6H3/t17-,18+,19-,20-,21+,22-/m1/s1. The van der Waals surface area contributed by atoms with Gasteiger partial charge in [-0.25, -0.2) is 0 Å². The molecule has 0 amide bonds. The van der Waals surface area contributed by atoms with E-state index in [9.17, 15) is 9.90 Å². The molecule has 0 unspecified atom stereocenters. The summed E-state index contributed by atoms with van der Waals surface area (Å²) in [5.41, 5.74) is 0.801. The number of esters is 1. The third-order valence-electron chi connectivity index (χ3n) is 7.26. The van der Waals surface area contributed by atoms with Crippen LogP contribution >= 0.6 is 0 Å². The van der Waals surface area contributed by atoms with Gasteiger partial charge in [0.05, 0.1) is 5.60 Å². The van der Waals surface area contributed by atoms with Crippen molar-refractivity contribution in [3.63, 3.8) is 0 Å². The molecule has 140 valence electrons. The average Bonchev–Trinajstić information content (AvgIpc) is 2.71. The number of allylic oxidation sites excluding steroid dienone is 2. The van der Waals surface area contributed by atoms with Gasteiger partial charge in [-0.15, -0.1) is 0 Å². The molecule has 3 aliphatic carbocycles. The number of hydrogen-bond acceptors (Lipinski definition) is 3. The second-order valence-electron chi connectivity index (χ2n) is 9.68. The van der Waals surface area contributed by atoms with E-state index < -0.39 is 5.60 Å². The molecule has 1 N–H and O–H groups in total. The van der Waals surface area contributed by atoms with E-state index in [0.717, 1.165) is 25.7 Å². The minimum absolute atomic E-state index is 0.0283. The molecule has 0 radical (unpaired) electrons. The van der Waals surface area contributed by atoms with Crippen LogP contribution in [0.5, 0.6) is 0 Å². The summed E-state index contributed by atoms with van der Waals surface area (Å²) in [5.74, 6) is 1.14. The van der Waals surface area contributed by atoms with E-state index in [-0.39, 0.29) is 22.9 Å². The Kier molecular flexibility index (Phi) is 4.47. The third kappa shape index (κ3) is 3.09. The molecular formula is C22H34O3. The van der Waals surface area contributed by atoms with Gasteiger partial charge in [-0.05, 0) is 61.9 Å². The molecule has 0 bridgehead atoms. The topological polar surface area (TPSA) is 46.5 Å². The predicted octanol–water partition coefficient (Wildman–Crippen LogP) is 4.65. The van der Waals surface area contributed by atoms with Crippen LogP contribution in [-0.2, 0) is 9.53 Å². The number of aliphatic hydroxyl groups is 1. The number of rotatable bonds is 2. The first-order chi connectivity index (χ1) is 11.5. The molecule has 3 aliphatic rings. The van der Waals surface area contributed by atoms with Crippen molar-refractivity contribution in [3.05, 3.63) is 23.8 Å².